The Morgan fingerprint density at radius 1 is 1.26 bits per heavy atom. The van der Waals surface area contributed by atoms with Crippen LogP contribution in [0.2, 0.25) is 0 Å². The van der Waals surface area contributed by atoms with Crippen LogP contribution in [0.4, 0.5) is 17.8 Å². The van der Waals surface area contributed by atoms with E-state index in [1.165, 1.54) is 12.8 Å². The molecule has 0 aromatic carbocycles. The summed E-state index contributed by atoms with van der Waals surface area (Å²) < 4.78 is 0. The Hall–Kier alpha value is -1.59. The first kappa shape index (κ1) is 13.8. The van der Waals surface area contributed by atoms with Crippen molar-refractivity contribution in [2.24, 2.45) is 0 Å². The van der Waals surface area contributed by atoms with E-state index < -0.39 is 0 Å². The van der Waals surface area contributed by atoms with Crippen LogP contribution in [0.3, 0.4) is 0 Å². The fraction of sp³-hybridized carbons (Fsp3) is 0.769. The molecule has 0 bridgehead atoms. The second-order valence-corrected chi connectivity index (χ2v) is 5.07. The van der Waals surface area contributed by atoms with Gasteiger partial charge in [0.25, 0.3) is 0 Å². The zero-order valence-corrected chi connectivity index (χ0v) is 12.3. The molecule has 1 atom stereocenters. The monoisotopic (exact) mass is 264 g/mol. The van der Waals surface area contributed by atoms with Gasteiger partial charge < -0.3 is 15.1 Å². The summed E-state index contributed by atoms with van der Waals surface area (Å²) in [4.78, 5) is 17.9. The highest BCUT2D eigenvalue weighted by Gasteiger charge is 2.19. The van der Waals surface area contributed by atoms with Crippen molar-refractivity contribution < 1.29 is 0 Å². The number of aromatic nitrogens is 3. The van der Waals surface area contributed by atoms with Crippen LogP contribution in [0.1, 0.15) is 33.1 Å². The quantitative estimate of drug-likeness (QED) is 0.874. The molecular weight excluding hydrogens is 240 g/mol. The Bertz CT molecular complexity index is 416. The lowest BCUT2D eigenvalue weighted by Gasteiger charge is -2.25. The van der Waals surface area contributed by atoms with E-state index in [2.05, 4.69) is 43.9 Å². The number of hydrogen-bond donors (Lipinski definition) is 1. The van der Waals surface area contributed by atoms with Crippen molar-refractivity contribution in [3.63, 3.8) is 0 Å². The molecule has 0 saturated carbocycles. The first-order valence-electron chi connectivity index (χ1n) is 7.07. The minimum atomic E-state index is 0.415. The average molecular weight is 264 g/mol. The van der Waals surface area contributed by atoms with Gasteiger partial charge in [-0.15, -0.1) is 0 Å². The third-order valence-electron chi connectivity index (χ3n) is 3.79. The average Bonchev–Trinajstić information content (AvgIpc) is 2.99. The fourth-order valence-corrected chi connectivity index (χ4v) is 2.15. The Morgan fingerprint density at radius 3 is 2.53 bits per heavy atom. The molecule has 1 aliphatic rings. The Balaban J connectivity index is 2.29. The predicted molar refractivity (Wildman–Crippen MR) is 79.0 cm³/mol. The first-order chi connectivity index (χ1) is 9.15. The smallest absolute Gasteiger partial charge is 0.231 e. The molecule has 0 amide bonds. The maximum Gasteiger partial charge on any atom is 0.231 e. The first-order valence-corrected chi connectivity index (χ1v) is 7.07. The molecule has 1 fully saturated rings. The van der Waals surface area contributed by atoms with Crippen LogP contribution in [0, 0.1) is 0 Å². The van der Waals surface area contributed by atoms with Crippen LogP contribution in [0.15, 0.2) is 0 Å². The molecular formula is C13H24N6. The standard InChI is InChI=1S/C13H24N6/c1-5-10(2)18(4)12-15-11(14-3)16-13(17-12)19-8-6-7-9-19/h10H,5-9H2,1-4H3,(H,14,15,16,17). The molecule has 1 aromatic heterocycles. The second-order valence-electron chi connectivity index (χ2n) is 5.07. The van der Waals surface area contributed by atoms with Crippen LogP contribution in [0.25, 0.3) is 0 Å². The summed E-state index contributed by atoms with van der Waals surface area (Å²) in [6, 6.07) is 0.415. The van der Waals surface area contributed by atoms with Gasteiger partial charge in [-0.1, -0.05) is 6.92 Å². The highest BCUT2D eigenvalue weighted by atomic mass is 15.4. The maximum absolute atomic E-state index is 4.62. The van der Waals surface area contributed by atoms with Crippen LogP contribution in [0.5, 0.6) is 0 Å². The van der Waals surface area contributed by atoms with Gasteiger partial charge in [-0.3, -0.25) is 0 Å². The zero-order valence-electron chi connectivity index (χ0n) is 12.3. The van der Waals surface area contributed by atoms with Crippen molar-refractivity contribution in [3.8, 4) is 0 Å². The van der Waals surface area contributed by atoms with Gasteiger partial charge in [-0.25, -0.2) is 0 Å². The summed E-state index contributed by atoms with van der Waals surface area (Å²) in [7, 11) is 3.88. The zero-order chi connectivity index (χ0) is 13.8. The molecule has 1 aliphatic heterocycles. The number of hydrogen-bond acceptors (Lipinski definition) is 6. The van der Waals surface area contributed by atoms with Gasteiger partial charge in [0, 0.05) is 33.2 Å². The Kier molecular flexibility index (Phi) is 4.39. The lowest BCUT2D eigenvalue weighted by atomic mass is 10.2. The van der Waals surface area contributed by atoms with E-state index in [4.69, 9.17) is 0 Å². The van der Waals surface area contributed by atoms with Crippen molar-refractivity contribution in [1.29, 1.82) is 0 Å². The third-order valence-corrected chi connectivity index (χ3v) is 3.79. The largest absolute Gasteiger partial charge is 0.357 e. The molecule has 19 heavy (non-hydrogen) atoms. The van der Waals surface area contributed by atoms with E-state index in [0.29, 0.717) is 12.0 Å². The molecule has 2 rings (SSSR count). The summed E-state index contributed by atoms with van der Waals surface area (Å²) in [6.45, 7) is 6.43. The minimum Gasteiger partial charge on any atom is -0.357 e. The van der Waals surface area contributed by atoms with Crippen LogP contribution in [-0.2, 0) is 0 Å². The highest BCUT2D eigenvalue weighted by molar-refractivity contribution is 5.45. The number of rotatable bonds is 5. The van der Waals surface area contributed by atoms with E-state index in [0.717, 1.165) is 31.4 Å². The topological polar surface area (TPSA) is 57.2 Å². The van der Waals surface area contributed by atoms with Crippen molar-refractivity contribution >= 4 is 17.8 Å². The van der Waals surface area contributed by atoms with E-state index in [-0.39, 0.29) is 0 Å². The number of nitrogens with one attached hydrogen (secondary N) is 1. The molecule has 6 heteroatoms. The van der Waals surface area contributed by atoms with Crippen molar-refractivity contribution in [2.45, 2.75) is 39.2 Å². The second kappa shape index (κ2) is 6.04. The summed E-state index contributed by atoms with van der Waals surface area (Å²) >= 11 is 0. The molecule has 2 heterocycles. The molecule has 1 N–H and O–H groups in total. The minimum absolute atomic E-state index is 0.415. The summed E-state index contributed by atoms with van der Waals surface area (Å²) in [5.41, 5.74) is 0. The summed E-state index contributed by atoms with van der Waals surface area (Å²) in [6.07, 6.45) is 3.50. The molecule has 0 aliphatic carbocycles. The number of anilines is 3. The SMILES string of the molecule is CCC(C)N(C)c1nc(NC)nc(N2CCCC2)n1. The molecule has 6 nitrogen and oxygen atoms in total. The highest BCUT2D eigenvalue weighted by Crippen LogP contribution is 2.20. The van der Waals surface area contributed by atoms with E-state index in [1.54, 1.807) is 0 Å². The van der Waals surface area contributed by atoms with Crippen molar-refractivity contribution in [1.82, 2.24) is 15.0 Å². The summed E-state index contributed by atoms with van der Waals surface area (Å²) in [5.74, 6) is 2.18. The molecule has 1 aromatic rings. The normalized spacial score (nSPS) is 16.5. The lowest BCUT2D eigenvalue weighted by molar-refractivity contribution is 0.646. The van der Waals surface area contributed by atoms with Crippen molar-refractivity contribution in [3.05, 3.63) is 0 Å². The molecule has 1 saturated heterocycles. The van der Waals surface area contributed by atoms with Gasteiger partial charge in [0.15, 0.2) is 0 Å². The fourth-order valence-electron chi connectivity index (χ4n) is 2.15. The van der Waals surface area contributed by atoms with Gasteiger partial charge in [-0.05, 0) is 26.2 Å². The molecule has 0 spiro atoms. The van der Waals surface area contributed by atoms with Crippen LogP contribution >= 0.6 is 0 Å². The van der Waals surface area contributed by atoms with Gasteiger partial charge in [0.1, 0.15) is 0 Å². The van der Waals surface area contributed by atoms with Gasteiger partial charge in [-0.2, -0.15) is 15.0 Å². The molecule has 0 radical (unpaired) electrons. The lowest BCUT2D eigenvalue weighted by Crippen LogP contribution is -2.31. The molecule has 1 unspecified atom stereocenters. The van der Waals surface area contributed by atoms with E-state index in [9.17, 15) is 0 Å². The van der Waals surface area contributed by atoms with Gasteiger partial charge in [0.05, 0.1) is 0 Å². The van der Waals surface area contributed by atoms with E-state index >= 15 is 0 Å². The maximum atomic E-state index is 4.62. The Morgan fingerprint density at radius 2 is 1.95 bits per heavy atom. The van der Waals surface area contributed by atoms with Crippen LogP contribution in [-0.4, -0.2) is 48.2 Å². The predicted octanol–water partition coefficient (Wildman–Crippen LogP) is 1.75. The molecule has 106 valence electrons. The Labute approximate surface area is 115 Å². The van der Waals surface area contributed by atoms with Crippen LogP contribution < -0.4 is 15.1 Å². The number of nitrogens with zero attached hydrogens (tertiary/aromatic N) is 5. The van der Waals surface area contributed by atoms with Crippen molar-refractivity contribution in [2.75, 3.05) is 42.3 Å². The van der Waals surface area contributed by atoms with Gasteiger partial charge in [0.2, 0.25) is 17.8 Å². The third kappa shape index (κ3) is 3.05. The van der Waals surface area contributed by atoms with E-state index in [1.807, 2.05) is 14.1 Å². The van der Waals surface area contributed by atoms with Gasteiger partial charge >= 0.3 is 0 Å². The summed E-state index contributed by atoms with van der Waals surface area (Å²) in [5, 5.41) is 3.03.